The minimum absolute atomic E-state index is 0.157. The molecule has 0 aliphatic carbocycles. The third kappa shape index (κ3) is 1.20. The molecule has 0 aliphatic heterocycles. The molecule has 1 aromatic carbocycles. The van der Waals surface area contributed by atoms with Crippen LogP contribution in [-0.2, 0) is 0 Å². The SMILES string of the molecule is Bc1c(O)c(C)c(O)c(C)c1Br. The Morgan fingerprint density at radius 1 is 1.08 bits per heavy atom. The minimum Gasteiger partial charge on any atom is -0.508 e. The van der Waals surface area contributed by atoms with Gasteiger partial charge in [0.2, 0.25) is 0 Å². The van der Waals surface area contributed by atoms with Crippen LogP contribution >= 0.6 is 15.9 Å². The van der Waals surface area contributed by atoms with Crippen molar-refractivity contribution in [2.75, 3.05) is 0 Å². The predicted octanol–water partition coefficient (Wildman–Crippen LogP) is 0.736. The van der Waals surface area contributed by atoms with Gasteiger partial charge in [0.05, 0.1) is 0 Å². The Bertz CT molecular complexity index is 231. The Morgan fingerprint density at radius 3 is 2.08 bits per heavy atom. The van der Waals surface area contributed by atoms with Crippen molar-refractivity contribution in [2.24, 2.45) is 0 Å². The van der Waals surface area contributed by atoms with Gasteiger partial charge in [-0.3, -0.25) is 0 Å². The first-order valence-electron chi connectivity index (χ1n) is 3.64. The summed E-state index contributed by atoms with van der Waals surface area (Å²) in [4.78, 5) is 0. The van der Waals surface area contributed by atoms with Gasteiger partial charge in [0.1, 0.15) is 19.3 Å². The highest BCUT2D eigenvalue weighted by Gasteiger charge is 2.13. The van der Waals surface area contributed by atoms with Gasteiger partial charge in [0.15, 0.2) is 0 Å². The van der Waals surface area contributed by atoms with E-state index >= 15 is 0 Å². The van der Waals surface area contributed by atoms with Gasteiger partial charge in [0.25, 0.3) is 0 Å². The smallest absolute Gasteiger partial charge is 0.145 e. The summed E-state index contributed by atoms with van der Waals surface area (Å²) in [7, 11) is 1.80. The van der Waals surface area contributed by atoms with Crippen LogP contribution in [0.1, 0.15) is 11.1 Å². The lowest BCUT2D eigenvalue weighted by atomic mass is 9.90. The molecule has 0 unspecified atom stereocenters. The van der Waals surface area contributed by atoms with Crippen LogP contribution in [0.25, 0.3) is 0 Å². The van der Waals surface area contributed by atoms with E-state index in [0.29, 0.717) is 5.56 Å². The first kappa shape index (κ1) is 9.45. The summed E-state index contributed by atoms with van der Waals surface area (Å²) in [5, 5.41) is 19.0. The molecule has 0 heterocycles. The second-order valence-electron chi connectivity index (χ2n) is 2.89. The fourth-order valence-corrected chi connectivity index (χ4v) is 1.54. The number of aromatic hydroxyl groups is 2. The molecule has 1 rings (SSSR count). The van der Waals surface area contributed by atoms with E-state index in [0.717, 1.165) is 15.5 Å². The summed E-state index contributed by atoms with van der Waals surface area (Å²) >= 11 is 3.29. The molecule has 4 heteroatoms. The van der Waals surface area contributed by atoms with Gasteiger partial charge >= 0.3 is 0 Å². The maximum absolute atomic E-state index is 9.50. The van der Waals surface area contributed by atoms with Crippen molar-refractivity contribution in [3.05, 3.63) is 15.6 Å². The molecule has 0 saturated heterocycles. The molecule has 0 fully saturated rings. The highest BCUT2D eigenvalue weighted by atomic mass is 79.9. The lowest BCUT2D eigenvalue weighted by Gasteiger charge is -2.11. The second-order valence-corrected chi connectivity index (χ2v) is 3.68. The topological polar surface area (TPSA) is 40.5 Å². The molecule has 0 saturated carbocycles. The predicted molar refractivity (Wildman–Crippen MR) is 55.1 cm³/mol. The lowest BCUT2D eigenvalue weighted by Crippen LogP contribution is -2.08. The zero-order chi connectivity index (χ0) is 9.46. The Morgan fingerprint density at radius 2 is 1.58 bits per heavy atom. The van der Waals surface area contributed by atoms with Crippen LogP contribution in [0.4, 0.5) is 0 Å². The molecule has 12 heavy (non-hydrogen) atoms. The summed E-state index contributed by atoms with van der Waals surface area (Å²) in [6, 6.07) is 0. The van der Waals surface area contributed by atoms with Crippen molar-refractivity contribution in [3.8, 4) is 11.5 Å². The lowest BCUT2D eigenvalue weighted by molar-refractivity contribution is 0.442. The number of benzene rings is 1. The van der Waals surface area contributed by atoms with Crippen molar-refractivity contribution >= 4 is 29.2 Å². The van der Waals surface area contributed by atoms with Crippen LogP contribution in [0.5, 0.6) is 11.5 Å². The average Bonchev–Trinajstić information content (AvgIpc) is 2.08. The van der Waals surface area contributed by atoms with Gasteiger partial charge in [0, 0.05) is 15.6 Å². The first-order valence-corrected chi connectivity index (χ1v) is 4.43. The zero-order valence-corrected chi connectivity index (χ0v) is 8.86. The van der Waals surface area contributed by atoms with E-state index in [-0.39, 0.29) is 11.5 Å². The minimum atomic E-state index is 0.157. The van der Waals surface area contributed by atoms with Gasteiger partial charge in [-0.25, -0.2) is 0 Å². The molecule has 0 bridgehead atoms. The summed E-state index contributed by atoms with van der Waals surface area (Å²) in [5.41, 5.74) is 2.07. The van der Waals surface area contributed by atoms with Crippen LogP contribution in [0.3, 0.4) is 0 Å². The van der Waals surface area contributed by atoms with Crippen LogP contribution in [-0.4, -0.2) is 18.1 Å². The summed E-state index contributed by atoms with van der Waals surface area (Å²) < 4.78 is 0.767. The standard InChI is InChI=1S/C8H10BBrO2/c1-3-6(10)5(9)8(12)4(2)7(3)11/h11-12H,9H2,1-2H3. The van der Waals surface area contributed by atoms with Crippen LogP contribution in [0, 0.1) is 13.8 Å². The van der Waals surface area contributed by atoms with Crippen molar-refractivity contribution < 1.29 is 10.2 Å². The van der Waals surface area contributed by atoms with Crippen LogP contribution in [0.2, 0.25) is 0 Å². The fraction of sp³-hybridized carbons (Fsp3) is 0.250. The molecule has 2 N–H and O–H groups in total. The number of phenols is 2. The monoisotopic (exact) mass is 228 g/mol. The van der Waals surface area contributed by atoms with Crippen molar-refractivity contribution in [1.82, 2.24) is 0 Å². The van der Waals surface area contributed by atoms with Gasteiger partial charge in [-0.1, -0.05) is 15.9 Å². The Hall–Kier alpha value is -0.635. The number of hydrogen-bond donors (Lipinski definition) is 2. The summed E-state index contributed by atoms with van der Waals surface area (Å²) in [5.74, 6) is 0.315. The number of rotatable bonds is 0. The Kier molecular flexibility index (Phi) is 2.37. The van der Waals surface area contributed by atoms with Crippen LogP contribution < -0.4 is 5.46 Å². The summed E-state index contributed by atoms with van der Waals surface area (Å²) in [6.07, 6.45) is 0. The molecule has 0 aliphatic rings. The van der Waals surface area contributed by atoms with E-state index in [1.165, 1.54) is 0 Å². The second kappa shape index (κ2) is 3.01. The van der Waals surface area contributed by atoms with Crippen molar-refractivity contribution in [1.29, 1.82) is 0 Å². The van der Waals surface area contributed by atoms with Crippen molar-refractivity contribution in [2.45, 2.75) is 13.8 Å². The van der Waals surface area contributed by atoms with Gasteiger partial charge in [-0.15, -0.1) is 0 Å². The third-order valence-electron chi connectivity index (χ3n) is 2.08. The Balaban J connectivity index is 3.60. The maximum Gasteiger partial charge on any atom is 0.145 e. The molecular weight excluding hydrogens is 219 g/mol. The van der Waals surface area contributed by atoms with Gasteiger partial charge < -0.3 is 10.2 Å². The molecule has 1 aromatic rings. The average molecular weight is 229 g/mol. The van der Waals surface area contributed by atoms with E-state index in [1.54, 1.807) is 21.7 Å². The number of hydrogen-bond acceptors (Lipinski definition) is 2. The molecule has 0 amide bonds. The van der Waals surface area contributed by atoms with E-state index in [4.69, 9.17) is 0 Å². The van der Waals surface area contributed by atoms with E-state index in [2.05, 4.69) is 15.9 Å². The zero-order valence-electron chi connectivity index (χ0n) is 7.27. The number of halogens is 1. The largest absolute Gasteiger partial charge is 0.508 e. The molecule has 0 atom stereocenters. The molecule has 2 nitrogen and oxygen atoms in total. The van der Waals surface area contributed by atoms with Gasteiger partial charge in [-0.05, 0) is 19.3 Å². The highest BCUT2D eigenvalue weighted by Crippen LogP contribution is 2.32. The molecule has 0 radical (unpaired) electrons. The first-order chi connectivity index (χ1) is 5.46. The van der Waals surface area contributed by atoms with E-state index in [1.807, 2.05) is 0 Å². The summed E-state index contributed by atoms with van der Waals surface area (Å²) in [6.45, 7) is 3.50. The molecular formula is C8H10BBrO2. The molecule has 0 spiro atoms. The fourth-order valence-electron chi connectivity index (χ4n) is 1.16. The van der Waals surface area contributed by atoms with E-state index < -0.39 is 0 Å². The highest BCUT2D eigenvalue weighted by molar-refractivity contribution is 9.10. The number of phenolic OH excluding ortho intramolecular Hbond substituents is 2. The third-order valence-corrected chi connectivity index (χ3v) is 3.27. The molecule has 64 valence electrons. The van der Waals surface area contributed by atoms with E-state index in [9.17, 15) is 10.2 Å². The van der Waals surface area contributed by atoms with Crippen LogP contribution in [0.15, 0.2) is 4.47 Å². The quantitative estimate of drug-likeness (QED) is 0.644. The molecule has 0 aromatic heterocycles. The maximum atomic E-state index is 9.50. The van der Waals surface area contributed by atoms with Gasteiger partial charge in [-0.2, -0.15) is 0 Å². The van der Waals surface area contributed by atoms with Crippen molar-refractivity contribution in [3.63, 3.8) is 0 Å². The Labute approximate surface area is 80.8 Å². The normalized spacial score (nSPS) is 10.2.